The highest BCUT2D eigenvalue weighted by Gasteiger charge is 2.51. The molecule has 1 fully saturated rings. The molecule has 0 saturated heterocycles. The van der Waals surface area contributed by atoms with Crippen LogP contribution in [-0.4, -0.2) is 17.6 Å². The van der Waals surface area contributed by atoms with Crippen molar-refractivity contribution < 1.29 is 9.59 Å². The van der Waals surface area contributed by atoms with Crippen LogP contribution in [-0.2, 0) is 9.59 Å². The molecule has 1 aromatic carbocycles. The average molecular weight is 429 g/mol. The van der Waals surface area contributed by atoms with Gasteiger partial charge >= 0.3 is 0 Å². The third kappa shape index (κ3) is 4.12. The number of carbonyl (C=O) groups excluding carboxylic acids is 2. The van der Waals surface area contributed by atoms with Crippen LogP contribution < -0.4 is 10.6 Å². The smallest absolute Gasteiger partial charge is 0.243 e. The van der Waals surface area contributed by atoms with Crippen LogP contribution in [0.25, 0.3) is 0 Å². The zero-order chi connectivity index (χ0) is 21.0. The van der Waals surface area contributed by atoms with Crippen LogP contribution in [0, 0.1) is 40.9 Å². The van der Waals surface area contributed by atoms with Gasteiger partial charge in [-0.3, -0.25) is 9.59 Å². The number of nitrogens with one attached hydrogen (secondary N) is 2. The zero-order valence-electron chi connectivity index (χ0n) is 16.0. The Morgan fingerprint density at radius 2 is 2.07 bits per heavy atom. The van der Waals surface area contributed by atoms with Gasteiger partial charge in [-0.1, -0.05) is 48.7 Å². The van der Waals surface area contributed by atoms with Crippen molar-refractivity contribution in [3.8, 4) is 12.1 Å². The summed E-state index contributed by atoms with van der Waals surface area (Å²) in [4.78, 5) is 25.0. The number of nitriles is 2. The number of nitrogens with zero attached hydrogens (tertiary/aromatic N) is 2. The summed E-state index contributed by atoms with van der Waals surface area (Å²) in [5.74, 6) is -1.49. The van der Waals surface area contributed by atoms with Crippen molar-refractivity contribution >= 4 is 40.9 Å². The number of thioether (sulfide) groups is 1. The fraction of sp³-hybridized carbons (Fsp3) is 0.429. The third-order valence-electron chi connectivity index (χ3n) is 5.65. The first-order valence-corrected chi connectivity index (χ1v) is 10.8. The summed E-state index contributed by atoms with van der Waals surface area (Å²) in [6.45, 7) is 1.82. The summed E-state index contributed by atoms with van der Waals surface area (Å²) in [7, 11) is 0. The molecule has 2 N–H and O–H groups in total. The number of amides is 2. The van der Waals surface area contributed by atoms with E-state index < -0.39 is 11.3 Å². The summed E-state index contributed by atoms with van der Waals surface area (Å²) >= 11 is 7.21. The number of hydrogen-bond acceptors (Lipinski definition) is 5. The fourth-order valence-corrected chi connectivity index (χ4v) is 5.20. The number of hydrogen-bond donors (Lipinski definition) is 2. The van der Waals surface area contributed by atoms with Crippen LogP contribution in [0.4, 0.5) is 5.69 Å². The number of anilines is 1. The van der Waals surface area contributed by atoms with E-state index in [0.717, 1.165) is 36.6 Å². The van der Waals surface area contributed by atoms with E-state index in [1.54, 1.807) is 18.2 Å². The predicted octanol–water partition coefficient (Wildman–Crippen LogP) is 4.28. The van der Waals surface area contributed by atoms with E-state index in [1.807, 2.05) is 6.92 Å². The lowest BCUT2D eigenvalue weighted by Gasteiger charge is -2.43. The Kier molecular flexibility index (Phi) is 6.52. The Labute approximate surface area is 179 Å². The van der Waals surface area contributed by atoms with Gasteiger partial charge in [-0.15, -0.1) is 0 Å². The highest BCUT2D eigenvalue weighted by molar-refractivity contribution is 8.03. The molecule has 0 radical (unpaired) electrons. The highest BCUT2D eigenvalue weighted by Crippen LogP contribution is 2.51. The molecule has 2 aliphatic rings. The molecular weight excluding hydrogens is 408 g/mol. The van der Waals surface area contributed by atoms with Crippen molar-refractivity contribution in [1.29, 1.82) is 10.5 Å². The lowest BCUT2D eigenvalue weighted by atomic mass is 9.61. The van der Waals surface area contributed by atoms with E-state index in [2.05, 4.69) is 22.8 Å². The van der Waals surface area contributed by atoms with Crippen molar-refractivity contribution in [2.24, 2.45) is 11.3 Å². The first-order valence-electron chi connectivity index (χ1n) is 9.46. The van der Waals surface area contributed by atoms with Crippen molar-refractivity contribution in [1.82, 2.24) is 5.32 Å². The van der Waals surface area contributed by atoms with E-state index in [1.165, 1.54) is 0 Å². The summed E-state index contributed by atoms with van der Waals surface area (Å²) in [5.41, 5.74) is 1.08. The second-order valence-corrected chi connectivity index (χ2v) is 8.73. The molecular formula is C21H21ClN4O2S. The Balaban J connectivity index is 1.80. The Morgan fingerprint density at radius 3 is 2.72 bits per heavy atom. The monoisotopic (exact) mass is 428 g/mol. The van der Waals surface area contributed by atoms with Crippen molar-refractivity contribution in [2.45, 2.75) is 39.0 Å². The van der Waals surface area contributed by atoms with Gasteiger partial charge in [0, 0.05) is 16.1 Å². The molecule has 150 valence electrons. The molecule has 0 aromatic heterocycles. The molecule has 1 saturated carbocycles. The van der Waals surface area contributed by atoms with E-state index in [9.17, 15) is 20.1 Å². The normalized spacial score (nSPS) is 20.6. The van der Waals surface area contributed by atoms with E-state index in [4.69, 9.17) is 11.6 Å². The van der Waals surface area contributed by atoms with E-state index >= 15 is 0 Å². The van der Waals surface area contributed by atoms with Crippen LogP contribution in [0.5, 0.6) is 0 Å². The summed E-state index contributed by atoms with van der Waals surface area (Å²) < 4.78 is 0. The SMILES string of the molecule is Cc1c(Cl)cccc1NC(=O)CSC1=C(C#N)C2(CCCCC2)[C@@H](C#N)C(=O)N1. The van der Waals surface area contributed by atoms with Crippen LogP contribution in [0.3, 0.4) is 0 Å². The van der Waals surface area contributed by atoms with Crippen molar-refractivity contribution in [2.75, 3.05) is 11.1 Å². The minimum atomic E-state index is -0.871. The first-order chi connectivity index (χ1) is 13.9. The highest BCUT2D eigenvalue weighted by atomic mass is 35.5. The minimum Gasteiger partial charge on any atom is -0.325 e. The molecule has 1 atom stereocenters. The standard InChI is InChI=1S/C21H21ClN4O2S/c1-13-16(22)6-5-7-17(13)25-18(27)12-29-20-15(11-24)21(8-3-2-4-9-21)14(10-23)19(28)26-20/h5-7,14H,2-4,8-9,12H2,1H3,(H,25,27)(H,26,28)/t14-/m0/s1. The summed E-state index contributed by atoms with van der Waals surface area (Å²) in [6.07, 6.45) is 4.06. The second kappa shape index (κ2) is 8.90. The molecule has 0 unspecified atom stereocenters. The van der Waals surface area contributed by atoms with Gasteiger partial charge in [0.05, 0.1) is 28.5 Å². The Morgan fingerprint density at radius 1 is 1.34 bits per heavy atom. The Bertz CT molecular complexity index is 954. The number of rotatable bonds is 4. The number of carbonyl (C=O) groups is 2. The molecule has 3 rings (SSSR count). The van der Waals surface area contributed by atoms with Gasteiger partial charge in [-0.2, -0.15) is 10.5 Å². The lowest BCUT2D eigenvalue weighted by Crippen LogP contribution is -2.48. The number of allylic oxidation sites excluding steroid dienone is 1. The van der Waals surface area contributed by atoms with E-state index in [0.29, 0.717) is 34.2 Å². The molecule has 2 amide bonds. The van der Waals surface area contributed by atoms with Crippen LogP contribution in [0.15, 0.2) is 28.8 Å². The maximum atomic E-state index is 12.6. The summed E-state index contributed by atoms with van der Waals surface area (Å²) in [5, 5.41) is 25.9. The van der Waals surface area contributed by atoms with Crippen LogP contribution >= 0.6 is 23.4 Å². The zero-order valence-corrected chi connectivity index (χ0v) is 17.6. The molecule has 29 heavy (non-hydrogen) atoms. The first kappa shape index (κ1) is 21.2. The minimum absolute atomic E-state index is 0.0278. The second-order valence-electron chi connectivity index (χ2n) is 7.33. The maximum Gasteiger partial charge on any atom is 0.243 e. The third-order valence-corrected chi connectivity index (χ3v) is 7.06. The van der Waals surface area contributed by atoms with E-state index in [-0.39, 0.29) is 17.6 Å². The average Bonchev–Trinajstić information content (AvgIpc) is 2.70. The van der Waals surface area contributed by atoms with Gasteiger partial charge in [-0.05, 0) is 37.5 Å². The molecule has 8 heteroatoms. The van der Waals surface area contributed by atoms with Gasteiger partial charge in [-0.25, -0.2) is 0 Å². The largest absolute Gasteiger partial charge is 0.325 e. The molecule has 1 aromatic rings. The molecule has 0 bridgehead atoms. The Hall–Kier alpha value is -2.48. The molecule has 1 aliphatic heterocycles. The summed E-state index contributed by atoms with van der Waals surface area (Å²) in [6, 6.07) is 9.61. The van der Waals surface area contributed by atoms with Gasteiger partial charge in [0.15, 0.2) is 0 Å². The van der Waals surface area contributed by atoms with Gasteiger partial charge in [0.25, 0.3) is 0 Å². The van der Waals surface area contributed by atoms with Crippen molar-refractivity contribution in [3.05, 3.63) is 39.4 Å². The fourth-order valence-electron chi connectivity index (χ4n) is 4.11. The van der Waals surface area contributed by atoms with Gasteiger partial charge in [0.1, 0.15) is 5.92 Å². The van der Waals surface area contributed by atoms with Gasteiger partial charge < -0.3 is 10.6 Å². The lowest BCUT2D eigenvalue weighted by molar-refractivity contribution is -0.126. The molecule has 6 nitrogen and oxygen atoms in total. The maximum absolute atomic E-state index is 12.6. The predicted molar refractivity (Wildman–Crippen MR) is 113 cm³/mol. The van der Waals surface area contributed by atoms with Crippen molar-refractivity contribution in [3.63, 3.8) is 0 Å². The topological polar surface area (TPSA) is 106 Å². The number of halogens is 1. The quantitative estimate of drug-likeness (QED) is 0.744. The van der Waals surface area contributed by atoms with Gasteiger partial charge in [0.2, 0.25) is 11.8 Å². The van der Waals surface area contributed by atoms with Crippen LogP contribution in [0.2, 0.25) is 5.02 Å². The molecule has 1 aliphatic carbocycles. The number of benzene rings is 1. The molecule has 1 heterocycles. The molecule has 1 spiro atoms. The van der Waals surface area contributed by atoms with Crippen LogP contribution in [0.1, 0.15) is 37.7 Å².